The average Bonchev–Trinajstić information content (AvgIpc) is 3.31. The van der Waals surface area contributed by atoms with Gasteiger partial charge >= 0.3 is 5.97 Å². The summed E-state index contributed by atoms with van der Waals surface area (Å²) in [6, 6.07) is 25.0. The zero-order valence-corrected chi connectivity index (χ0v) is 42.7. The highest BCUT2D eigenvalue weighted by molar-refractivity contribution is 8.77. The number of rotatable bonds is 30. The highest BCUT2D eigenvalue weighted by Crippen LogP contribution is 2.31. The van der Waals surface area contributed by atoms with Gasteiger partial charge in [0, 0.05) is 95.2 Å². The monoisotopic (exact) mass is 1000 g/mol. The average molecular weight is 1000 g/mol. The molecule has 0 N–H and O–H groups in total. The topological polar surface area (TPSA) is 155 Å². The number of carbonyl (C=O) groups excluding carboxylic acids is 5. The Hall–Kier alpha value is -3.36. The van der Waals surface area contributed by atoms with E-state index in [1.807, 2.05) is 92.7 Å². The van der Waals surface area contributed by atoms with E-state index in [0.717, 1.165) is 70.0 Å². The second-order valence-corrected chi connectivity index (χ2v) is 21.1. The lowest BCUT2D eigenvalue weighted by Crippen LogP contribution is -2.36. The number of carbonyl (C=O) groups is 5. The molecule has 0 aliphatic heterocycles. The zero-order valence-electron chi connectivity index (χ0n) is 37.8. The van der Waals surface area contributed by atoms with Crippen LogP contribution in [0.5, 0.6) is 0 Å². The maximum absolute atomic E-state index is 12.7. The minimum Gasteiger partial charge on any atom is -0.466 e. The van der Waals surface area contributed by atoms with Gasteiger partial charge in [-0.15, -0.1) is 0 Å². The minimum atomic E-state index is -0.129. The van der Waals surface area contributed by atoms with E-state index >= 15 is 0 Å². The number of methoxy groups -OCH3 is 2. The van der Waals surface area contributed by atoms with E-state index in [1.165, 1.54) is 4.90 Å². The van der Waals surface area contributed by atoms with Crippen LogP contribution in [0.1, 0.15) is 83.1 Å². The Balaban J connectivity index is 0.000000341. The van der Waals surface area contributed by atoms with E-state index in [-0.39, 0.29) is 35.8 Å². The van der Waals surface area contributed by atoms with Crippen LogP contribution < -0.4 is 4.90 Å². The highest BCUT2D eigenvalue weighted by atomic mass is 33.1. The summed E-state index contributed by atoms with van der Waals surface area (Å²) < 4.78 is 14.7. The van der Waals surface area contributed by atoms with Gasteiger partial charge in [-0.2, -0.15) is 0 Å². The van der Waals surface area contributed by atoms with Crippen molar-refractivity contribution in [3.05, 3.63) is 103 Å². The van der Waals surface area contributed by atoms with E-state index in [0.29, 0.717) is 57.6 Å². The van der Waals surface area contributed by atoms with Crippen LogP contribution in [-0.4, -0.2) is 95.6 Å². The highest BCUT2D eigenvalue weighted by Gasteiger charge is 2.22. The lowest BCUT2D eigenvalue weighted by atomic mass is 10.1. The lowest BCUT2D eigenvalue weighted by molar-refractivity contribution is -0.144. The molecule has 0 saturated heterocycles. The van der Waals surface area contributed by atoms with Crippen molar-refractivity contribution < 1.29 is 38.2 Å². The molecule has 1 aromatic carbocycles. The Morgan fingerprint density at radius 2 is 1.02 bits per heavy atom. The van der Waals surface area contributed by atoms with E-state index in [4.69, 9.17) is 14.2 Å². The van der Waals surface area contributed by atoms with Gasteiger partial charge in [-0.3, -0.25) is 28.9 Å². The van der Waals surface area contributed by atoms with Crippen LogP contribution in [0.3, 0.4) is 0 Å². The number of hydrogen-bond acceptors (Lipinski definition) is 17. The lowest BCUT2D eigenvalue weighted by Gasteiger charge is -2.21. The molecule has 0 aliphatic carbocycles. The second kappa shape index (κ2) is 38.7. The van der Waals surface area contributed by atoms with Crippen LogP contribution in [0.15, 0.2) is 113 Å². The van der Waals surface area contributed by atoms with Gasteiger partial charge in [-0.25, -0.2) is 15.0 Å². The molecule has 4 aromatic rings. The number of aromatic nitrogens is 3. The van der Waals surface area contributed by atoms with Gasteiger partial charge in [0.1, 0.15) is 26.6 Å². The van der Waals surface area contributed by atoms with E-state index in [1.54, 1.807) is 97.6 Å². The summed E-state index contributed by atoms with van der Waals surface area (Å²) in [6.07, 6.45) is 11.2. The molecule has 0 fully saturated rings. The normalized spacial score (nSPS) is 10.5. The van der Waals surface area contributed by atoms with Gasteiger partial charge < -0.3 is 14.2 Å². The molecule has 3 aromatic heterocycles. The summed E-state index contributed by atoms with van der Waals surface area (Å²) in [4.78, 5) is 73.4. The first kappa shape index (κ1) is 57.8. The predicted octanol–water partition coefficient (Wildman–Crippen LogP) is 11.6. The summed E-state index contributed by atoms with van der Waals surface area (Å²) in [5.74, 6) is 2.22. The van der Waals surface area contributed by atoms with Crippen LogP contribution >= 0.6 is 64.8 Å². The molecule has 0 spiro atoms. The minimum absolute atomic E-state index is 0.0227. The maximum Gasteiger partial charge on any atom is 0.305 e. The summed E-state index contributed by atoms with van der Waals surface area (Å²) in [6.45, 7) is 5.40. The Labute approximate surface area is 409 Å². The predicted molar refractivity (Wildman–Crippen MR) is 273 cm³/mol. The van der Waals surface area contributed by atoms with Crippen LogP contribution in [0, 0.1) is 6.92 Å². The summed E-state index contributed by atoms with van der Waals surface area (Å²) >= 11 is 0. The van der Waals surface area contributed by atoms with Crippen molar-refractivity contribution in [2.75, 3.05) is 56.2 Å². The number of anilines is 1. The molecule has 65 heavy (non-hydrogen) atoms. The first-order valence-electron chi connectivity index (χ1n) is 21.4. The molecule has 0 atom stereocenters. The molecule has 0 unspecified atom stereocenters. The standard InChI is InChI=1S/C20H24N2O2S2.C14H19NO3S2.C13H19NO3S2/c1-3-7-19(23)22(17-12-10-16(2)11-13-17)20(24)9-6-15-25-26-18-8-4-5-14-21-18;1-18-9-7-13(17)11-12(16)5-4-10-19-20-14-6-2-3-8-15-14;1-16-9-5-10-17-13(15)7-4-11-18-19-12-6-2-3-8-14-12/h4-5,8,10-14H,3,6-7,9,15H2,1-2H3;2-3,6,8H,4-5,7,9-11H2,1H3;2-3,6,8H,4-5,7,9-11H2,1H3. The fourth-order valence-electron chi connectivity index (χ4n) is 5.01. The number of hydrogen-bond donors (Lipinski definition) is 0. The number of amides is 2. The van der Waals surface area contributed by atoms with Crippen molar-refractivity contribution in [3.8, 4) is 0 Å². The Bertz CT molecular complexity index is 1890. The van der Waals surface area contributed by atoms with E-state index in [9.17, 15) is 24.0 Å². The van der Waals surface area contributed by atoms with Crippen molar-refractivity contribution in [1.29, 1.82) is 0 Å². The molecule has 12 nitrogen and oxygen atoms in total. The SMILES string of the molecule is CCCC(=O)N(C(=O)CCCSSc1ccccn1)c1ccc(C)cc1.COCCC(=O)CC(=O)CCCSSc1ccccn1.COCCCOC(=O)CCCSSc1ccccn1. The molecular weight excluding hydrogens is 941 g/mol. The Kier molecular flexibility index (Phi) is 34.4. The Morgan fingerprint density at radius 3 is 1.49 bits per heavy atom. The largest absolute Gasteiger partial charge is 0.466 e. The third-order valence-electron chi connectivity index (χ3n) is 8.25. The molecular formula is C47H62N4O8S6. The smallest absolute Gasteiger partial charge is 0.305 e. The molecule has 0 radical (unpaired) electrons. The molecule has 4 rings (SSSR count). The molecule has 0 saturated carbocycles. The Morgan fingerprint density at radius 1 is 0.538 bits per heavy atom. The van der Waals surface area contributed by atoms with Crippen LogP contribution in [-0.2, 0) is 38.2 Å². The second-order valence-electron chi connectivity index (χ2n) is 13.8. The third kappa shape index (κ3) is 29.8. The fourth-order valence-corrected chi connectivity index (χ4v) is 10.9. The summed E-state index contributed by atoms with van der Waals surface area (Å²) in [7, 11) is 13.1. The van der Waals surface area contributed by atoms with Crippen molar-refractivity contribution in [2.45, 2.75) is 99.6 Å². The molecule has 18 heteroatoms. The van der Waals surface area contributed by atoms with Gasteiger partial charge in [-0.1, -0.05) is 75.2 Å². The first-order valence-corrected chi connectivity index (χ1v) is 28.3. The molecule has 3 heterocycles. The number of nitrogens with zero attached hydrogens (tertiary/aromatic N) is 4. The zero-order chi connectivity index (χ0) is 47.2. The number of aryl methyl sites for hydroxylation is 1. The first-order chi connectivity index (χ1) is 31.7. The van der Waals surface area contributed by atoms with Crippen LogP contribution in [0.2, 0.25) is 0 Å². The van der Waals surface area contributed by atoms with Crippen molar-refractivity contribution in [2.24, 2.45) is 0 Å². The molecule has 354 valence electrons. The van der Waals surface area contributed by atoms with Crippen molar-refractivity contribution >= 4 is 99.8 Å². The number of pyridine rings is 3. The van der Waals surface area contributed by atoms with Gasteiger partial charge in [0.15, 0.2) is 0 Å². The number of ether oxygens (including phenoxy) is 3. The van der Waals surface area contributed by atoms with Gasteiger partial charge in [0.2, 0.25) is 11.8 Å². The number of ketones is 2. The molecule has 2 amide bonds. The fraction of sp³-hybridized carbons (Fsp3) is 0.447. The third-order valence-corrected chi connectivity index (χ3v) is 15.3. The molecule has 0 aliphatic rings. The van der Waals surface area contributed by atoms with Gasteiger partial charge in [0.05, 0.1) is 25.3 Å². The number of Topliss-reactive ketones (excluding diaryl/α,β-unsaturated/α-hetero) is 2. The summed E-state index contributed by atoms with van der Waals surface area (Å²) in [5.41, 5.74) is 1.77. The maximum atomic E-state index is 12.7. The summed E-state index contributed by atoms with van der Waals surface area (Å²) in [5, 5.41) is 2.93. The van der Waals surface area contributed by atoms with Gasteiger partial charge in [-0.05, 0) is 114 Å². The van der Waals surface area contributed by atoms with E-state index in [2.05, 4.69) is 15.0 Å². The number of imide groups is 1. The number of esters is 1. The van der Waals surface area contributed by atoms with Crippen LogP contribution in [0.25, 0.3) is 0 Å². The molecule has 0 bridgehead atoms. The quantitative estimate of drug-likeness (QED) is 0.0210. The van der Waals surface area contributed by atoms with Crippen molar-refractivity contribution in [1.82, 2.24) is 15.0 Å². The number of benzene rings is 1. The van der Waals surface area contributed by atoms with Crippen molar-refractivity contribution in [3.63, 3.8) is 0 Å². The van der Waals surface area contributed by atoms with Gasteiger partial charge in [0.25, 0.3) is 0 Å². The van der Waals surface area contributed by atoms with E-state index < -0.39 is 0 Å². The van der Waals surface area contributed by atoms with Crippen LogP contribution in [0.4, 0.5) is 5.69 Å².